The molecule has 0 saturated heterocycles. The first-order valence-corrected chi connectivity index (χ1v) is 9.57. The summed E-state index contributed by atoms with van der Waals surface area (Å²) in [6.07, 6.45) is 0. The predicted molar refractivity (Wildman–Crippen MR) is 113 cm³/mol. The Balaban J connectivity index is 1.75. The minimum absolute atomic E-state index is 0.0559. The fourth-order valence-corrected chi connectivity index (χ4v) is 2.50. The second-order valence-electron chi connectivity index (χ2n) is 6.87. The lowest BCUT2D eigenvalue weighted by molar-refractivity contribution is -0.135. The fourth-order valence-electron chi connectivity index (χ4n) is 2.50. The van der Waals surface area contributed by atoms with E-state index in [4.69, 9.17) is 19.7 Å². The number of ether oxygens (including phenoxy) is 2. The zero-order valence-corrected chi connectivity index (χ0v) is 17.7. The van der Waals surface area contributed by atoms with Gasteiger partial charge in [-0.1, -0.05) is 12.1 Å². The number of amides is 2. The first-order valence-electron chi connectivity index (χ1n) is 9.57. The van der Waals surface area contributed by atoms with Gasteiger partial charge in [0, 0.05) is 27.2 Å². The number of nitrogens with zero attached hydrogens (tertiary/aromatic N) is 2. The van der Waals surface area contributed by atoms with Crippen molar-refractivity contribution in [3.8, 4) is 11.5 Å². The molecule has 0 heterocycles. The van der Waals surface area contributed by atoms with Crippen LogP contribution in [0.5, 0.6) is 11.5 Å². The van der Waals surface area contributed by atoms with Gasteiger partial charge < -0.3 is 29.5 Å². The topological polar surface area (TPSA) is 134 Å². The van der Waals surface area contributed by atoms with E-state index in [1.807, 2.05) is 0 Å². The van der Waals surface area contributed by atoms with Gasteiger partial charge in [-0.15, -0.1) is 0 Å². The maximum atomic E-state index is 12.2. The van der Waals surface area contributed by atoms with Gasteiger partial charge in [0.25, 0.3) is 11.8 Å². The molecule has 0 unspecified atom stereocenters. The number of rotatable bonds is 11. The Morgan fingerprint density at radius 3 is 1.44 bits per heavy atom. The summed E-state index contributed by atoms with van der Waals surface area (Å²) in [7, 11) is 3.12. The fraction of sp³-hybridized carbons (Fsp3) is 0.273. The second kappa shape index (κ2) is 11.3. The van der Waals surface area contributed by atoms with Gasteiger partial charge in [-0.2, -0.15) is 0 Å². The number of hydrogen-bond donors (Lipinski definition) is 2. The van der Waals surface area contributed by atoms with Crippen LogP contribution in [-0.4, -0.2) is 84.2 Å². The molecule has 170 valence electrons. The van der Waals surface area contributed by atoms with Crippen LogP contribution in [0, 0.1) is 0 Å². The highest BCUT2D eigenvalue weighted by Gasteiger charge is 2.15. The van der Waals surface area contributed by atoms with Crippen molar-refractivity contribution in [1.82, 2.24) is 9.80 Å². The van der Waals surface area contributed by atoms with Crippen LogP contribution in [0.15, 0.2) is 48.5 Å². The molecule has 0 aliphatic rings. The van der Waals surface area contributed by atoms with Crippen LogP contribution in [0.25, 0.3) is 0 Å². The summed E-state index contributed by atoms with van der Waals surface area (Å²) in [5.74, 6) is -2.33. The average molecular weight is 444 g/mol. The van der Waals surface area contributed by atoms with Crippen molar-refractivity contribution in [2.45, 2.75) is 0 Å². The maximum absolute atomic E-state index is 12.2. The molecule has 0 aliphatic heterocycles. The zero-order valence-electron chi connectivity index (χ0n) is 17.7. The molecule has 0 radical (unpaired) electrons. The Bertz CT molecular complexity index is 912. The quantitative estimate of drug-likeness (QED) is 0.532. The molecule has 10 heteroatoms. The summed E-state index contributed by atoms with van der Waals surface area (Å²) in [5, 5.41) is 18.0. The largest absolute Gasteiger partial charge is 0.484 e. The smallest absolute Gasteiger partial charge is 0.335 e. The molecule has 2 N–H and O–H groups in total. The van der Waals surface area contributed by atoms with E-state index in [1.54, 1.807) is 26.2 Å². The Hall–Kier alpha value is -4.08. The molecule has 0 aliphatic carbocycles. The van der Waals surface area contributed by atoms with Crippen LogP contribution in [0.2, 0.25) is 0 Å². The Morgan fingerprint density at radius 1 is 0.719 bits per heavy atom. The zero-order chi connectivity index (χ0) is 23.7. The van der Waals surface area contributed by atoms with Gasteiger partial charge in [0.15, 0.2) is 13.2 Å². The van der Waals surface area contributed by atoms with E-state index in [-0.39, 0.29) is 60.7 Å². The second-order valence-corrected chi connectivity index (χ2v) is 6.87. The minimum atomic E-state index is -1.09. The highest BCUT2D eigenvalue weighted by atomic mass is 16.5. The van der Waals surface area contributed by atoms with Gasteiger partial charge in [-0.25, -0.2) is 9.59 Å². The van der Waals surface area contributed by atoms with E-state index >= 15 is 0 Å². The highest BCUT2D eigenvalue weighted by Crippen LogP contribution is 2.14. The van der Waals surface area contributed by atoms with Crippen LogP contribution >= 0.6 is 0 Å². The average Bonchev–Trinajstić information content (AvgIpc) is 2.79. The third-order valence-corrected chi connectivity index (χ3v) is 4.51. The lowest BCUT2D eigenvalue weighted by Gasteiger charge is -2.22. The monoisotopic (exact) mass is 444 g/mol. The summed E-state index contributed by atoms with van der Waals surface area (Å²) in [6.45, 7) is -0.0667. The number of carbonyl (C=O) groups is 4. The highest BCUT2D eigenvalue weighted by molar-refractivity contribution is 5.88. The molecule has 0 saturated carbocycles. The molecular weight excluding hydrogens is 420 g/mol. The van der Waals surface area contributed by atoms with Gasteiger partial charge in [-0.05, 0) is 36.4 Å². The van der Waals surface area contributed by atoms with Gasteiger partial charge in [0.05, 0.1) is 11.1 Å². The molecule has 2 aromatic rings. The lowest BCUT2D eigenvalue weighted by atomic mass is 10.2. The summed E-state index contributed by atoms with van der Waals surface area (Å²) in [4.78, 5) is 49.2. The SMILES string of the molecule is CN(CCN(C)C(=O)COc1cccc(C(=O)O)c1)C(=O)COc1cccc(C(=O)O)c1. The third-order valence-electron chi connectivity index (χ3n) is 4.51. The van der Waals surface area contributed by atoms with Crippen molar-refractivity contribution in [3.05, 3.63) is 59.7 Å². The molecule has 0 spiro atoms. The lowest BCUT2D eigenvalue weighted by Crippen LogP contribution is -2.40. The first kappa shape index (κ1) is 24.2. The molecule has 0 bridgehead atoms. The Morgan fingerprint density at radius 2 is 1.09 bits per heavy atom. The van der Waals surface area contributed by atoms with Crippen LogP contribution in [0.4, 0.5) is 0 Å². The van der Waals surface area contributed by atoms with Crippen LogP contribution in [0.3, 0.4) is 0 Å². The number of carbonyl (C=O) groups excluding carboxylic acids is 2. The van der Waals surface area contributed by atoms with Gasteiger partial charge in [0.2, 0.25) is 0 Å². The van der Waals surface area contributed by atoms with Gasteiger partial charge in [-0.3, -0.25) is 9.59 Å². The third kappa shape index (κ3) is 7.31. The maximum Gasteiger partial charge on any atom is 0.335 e. The Labute approximate surface area is 184 Å². The van der Waals surface area contributed by atoms with E-state index in [9.17, 15) is 19.2 Å². The molecule has 0 aromatic heterocycles. The predicted octanol–water partition coefficient (Wildman–Crippen LogP) is 1.46. The van der Waals surface area contributed by atoms with E-state index in [1.165, 1.54) is 46.2 Å². The van der Waals surface area contributed by atoms with E-state index in [2.05, 4.69) is 0 Å². The van der Waals surface area contributed by atoms with Crippen molar-refractivity contribution in [2.24, 2.45) is 0 Å². The van der Waals surface area contributed by atoms with Crippen molar-refractivity contribution in [2.75, 3.05) is 40.4 Å². The standard InChI is InChI=1S/C22H24N2O8/c1-23(19(25)13-31-17-7-3-5-15(11-17)21(27)28)9-10-24(2)20(26)14-32-18-8-4-6-16(12-18)22(29)30/h3-8,11-12H,9-10,13-14H2,1-2H3,(H,27,28)(H,29,30). The molecule has 2 aromatic carbocycles. The van der Waals surface area contributed by atoms with Crippen LogP contribution < -0.4 is 9.47 Å². The van der Waals surface area contributed by atoms with Crippen molar-refractivity contribution >= 4 is 23.8 Å². The normalized spacial score (nSPS) is 10.2. The molecule has 0 atom stereocenters. The molecule has 10 nitrogen and oxygen atoms in total. The van der Waals surface area contributed by atoms with Crippen molar-refractivity contribution < 1.29 is 38.9 Å². The summed E-state index contributed by atoms with van der Waals surface area (Å²) in [5.41, 5.74) is 0.112. The minimum Gasteiger partial charge on any atom is -0.484 e. The van der Waals surface area contributed by atoms with Crippen molar-refractivity contribution in [1.29, 1.82) is 0 Å². The summed E-state index contributed by atoms with van der Waals surface area (Å²) < 4.78 is 10.7. The van der Waals surface area contributed by atoms with Gasteiger partial charge in [0.1, 0.15) is 11.5 Å². The van der Waals surface area contributed by atoms with E-state index < -0.39 is 11.9 Å². The number of hydrogen-bond acceptors (Lipinski definition) is 6. The van der Waals surface area contributed by atoms with Crippen LogP contribution in [0.1, 0.15) is 20.7 Å². The van der Waals surface area contributed by atoms with E-state index in [0.29, 0.717) is 0 Å². The van der Waals surface area contributed by atoms with Crippen LogP contribution in [-0.2, 0) is 9.59 Å². The Kier molecular flexibility index (Phi) is 8.58. The molecular formula is C22H24N2O8. The molecule has 2 amide bonds. The number of carboxylic acids is 2. The summed E-state index contributed by atoms with van der Waals surface area (Å²) in [6, 6.07) is 11.6. The summed E-state index contributed by atoms with van der Waals surface area (Å²) >= 11 is 0. The number of benzene rings is 2. The molecule has 32 heavy (non-hydrogen) atoms. The first-order chi connectivity index (χ1) is 15.2. The number of carboxylic acid groups (broad SMARTS) is 2. The van der Waals surface area contributed by atoms with Crippen molar-refractivity contribution in [3.63, 3.8) is 0 Å². The van der Waals surface area contributed by atoms with Gasteiger partial charge >= 0.3 is 11.9 Å². The number of aromatic carboxylic acids is 2. The number of likely N-dealkylation sites (N-methyl/N-ethyl adjacent to an activating group) is 2. The molecule has 2 rings (SSSR count). The molecule has 0 fully saturated rings. The van der Waals surface area contributed by atoms with E-state index in [0.717, 1.165) is 0 Å².